The number of esters is 1. The molecule has 0 fully saturated rings. The molecular formula is C14H19BrClNO2. The second-order valence-corrected chi connectivity index (χ2v) is 5.80. The zero-order valence-corrected chi connectivity index (χ0v) is 13.7. The molecule has 0 radical (unpaired) electrons. The zero-order chi connectivity index (χ0) is 14.4. The number of halogens is 2. The molecule has 19 heavy (non-hydrogen) atoms. The van der Waals surface area contributed by atoms with Crippen molar-refractivity contribution in [3.63, 3.8) is 0 Å². The maximum absolute atomic E-state index is 11.9. The summed E-state index contributed by atoms with van der Waals surface area (Å²) in [4.78, 5) is 11.9. The highest BCUT2D eigenvalue weighted by Gasteiger charge is 2.25. The number of benzene rings is 1. The van der Waals surface area contributed by atoms with Gasteiger partial charge in [0.2, 0.25) is 0 Å². The Morgan fingerprint density at radius 1 is 1.53 bits per heavy atom. The summed E-state index contributed by atoms with van der Waals surface area (Å²) >= 11 is 9.32. The van der Waals surface area contributed by atoms with Gasteiger partial charge in [-0.25, -0.2) is 4.79 Å². The van der Waals surface area contributed by atoms with Crippen LogP contribution in [0.1, 0.15) is 26.7 Å². The van der Waals surface area contributed by atoms with Crippen molar-refractivity contribution >= 4 is 39.2 Å². The molecule has 1 N–H and O–H groups in total. The van der Waals surface area contributed by atoms with Gasteiger partial charge in [0.25, 0.3) is 0 Å². The molecule has 3 nitrogen and oxygen atoms in total. The van der Waals surface area contributed by atoms with Crippen LogP contribution in [-0.2, 0) is 9.53 Å². The first kappa shape index (κ1) is 16.3. The van der Waals surface area contributed by atoms with Crippen LogP contribution >= 0.6 is 27.5 Å². The number of hydrogen-bond acceptors (Lipinski definition) is 3. The lowest BCUT2D eigenvalue weighted by molar-refractivity contribution is -0.142. The third-order valence-corrected chi connectivity index (χ3v) is 4.22. The SMILES string of the molecule is CCCC(C)C(Nc1ccc(Cl)c(Br)c1)C(=O)OC. The number of carbonyl (C=O) groups excluding carboxylic acids is 1. The average Bonchev–Trinajstić information content (AvgIpc) is 2.39. The third-order valence-electron chi connectivity index (χ3n) is 3.01. The zero-order valence-electron chi connectivity index (χ0n) is 11.4. The second kappa shape index (κ2) is 7.75. The summed E-state index contributed by atoms with van der Waals surface area (Å²) in [7, 11) is 1.41. The molecule has 1 aromatic rings. The van der Waals surface area contributed by atoms with E-state index < -0.39 is 0 Å². The van der Waals surface area contributed by atoms with Gasteiger partial charge in [-0.15, -0.1) is 0 Å². The standard InChI is InChI=1S/C14H19BrClNO2/c1-4-5-9(2)13(14(18)19-3)17-10-6-7-12(16)11(15)8-10/h6-9,13,17H,4-5H2,1-3H3. The van der Waals surface area contributed by atoms with Gasteiger partial charge in [0, 0.05) is 10.2 Å². The van der Waals surface area contributed by atoms with Gasteiger partial charge in [-0.05, 0) is 46.5 Å². The highest BCUT2D eigenvalue weighted by molar-refractivity contribution is 9.10. The maximum atomic E-state index is 11.9. The van der Waals surface area contributed by atoms with E-state index in [2.05, 4.69) is 28.2 Å². The summed E-state index contributed by atoms with van der Waals surface area (Å²) in [6.07, 6.45) is 1.99. The van der Waals surface area contributed by atoms with Gasteiger partial charge in [0.05, 0.1) is 12.1 Å². The molecule has 0 heterocycles. The van der Waals surface area contributed by atoms with Gasteiger partial charge in [-0.2, -0.15) is 0 Å². The molecule has 2 unspecified atom stereocenters. The van der Waals surface area contributed by atoms with Crippen LogP contribution in [0.15, 0.2) is 22.7 Å². The molecular weight excluding hydrogens is 330 g/mol. The van der Waals surface area contributed by atoms with Gasteiger partial charge in [0.15, 0.2) is 0 Å². The van der Waals surface area contributed by atoms with Gasteiger partial charge in [-0.3, -0.25) is 0 Å². The van der Waals surface area contributed by atoms with Crippen LogP contribution in [-0.4, -0.2) is 19.1 Å². The van der Waals surface area contributed by atoms with Gasteiger partial charge >= 0.3 is 5.97 Å². The number of methoxy groups -OCH3 is 1. The van der Waals surface area contributed by atoms with Crippen LogP contribution < -0.4 is 5.32 Å². The Balaban J connectivity index is 2.87. The molecule has 106 valence electrons. The Labute approximate surface area is 127 Å². The van der Waals surface area contributed by atoms with Crippen LogP contribution in [0.3, 0.4) is 0 Å². The van der Waals surface area contributed by atoms with Crippen molar-refractivity contribution in [2.75, 3.05) is 12.4 Å². The second-order valence-electron chi connectivity index (χ2n) is 4.54. The number of hydrogen-bond donors (Lipinski definition) is 1. The lowest BCUT2D eigenvalue weighted by atomic mass is 9.96. The minimum Gasteiger partial charge on any atom is -0.467 e. The minimum absolute atomic E-state index is 0.201. The molecule has 0 aliphatic heterocycles. The van der Waals surface area contributed by atoms with Crippen LogP contribution in [0.2, 0.25) is 5.02 Å². The van der Waals surface area contributed by atoms with Crippen LogP contribution in [0.4, 0.5) is 5.69 Å². The van der Waals surface area contributed by atoms with E-state index >= 15 is 0 Å². The van der Waals surface area contributed by atoms with E-state index in [0.29, 0.717) is 5.02 Å². The minimum atomic E-state index is -0.349. The molecule has 1 rings (SSSR count). The predicted octanol–water partition coefficient (Wildman–Crippen LogP) is 4.49. The molecule has 0 bridgehead atoms. The largest absolute Gasteiger partial charge is 0.467 e. The predicted molar refractivity (Wildman–Crippen MR) is 82.7 cm³/mol. The maximum Gasteiger partial charge on any atom is 0.328 e. The molecule has 0 saturated carbocycles. The first-order valence-corrected chi connectivity index (χ1v) is 7.46. The molecule has 0 spiro atoms. The lowest BCUT2D eigenvalue weighted by Crippen LogP contribution is -2.36. The van der Waals surface area contributed by atoms with E-state index in [-0.39, 0.29) is 17.9 Å². The van der Waals surface area contributed by atoms with Crippen LogP contribution in [0, 0.1) is 5.92 Å². The topological polar surface area (TPSA) is 38.3 Å². The number of ether oxygens (including phenoxy) is 1. The Hall–Kier alpha value is -0.740. The Morgan fingerprint density at radius 3 is 2.74 bits per heavy atom. The smallest absolute Gasteiger partial charge is 0.328 e. The highest BCUT2D eigenvalue weighted by atomic mass is 79.9. The number of rotatable bonds is 6. The molecule has 0 aliphatic rings. The molecule has 0 amide bonds. The fraction of sp³-hybridized carbons (Fsp3) is 0.500. The summed E-state index contributed by atoms with van der Waals surface area (Å²) in [5.41, 5.74) is 0.842. The van der Waals surface area contributed by atoms with Crippen molar-refractivity contribution in [2.45, 2.75) is 32.7 Å². The molecule has 0 aromatic heterocycles. The molecule has 0 saturated heterocycles. The monoisotopic (exact) mass is 347 g/mol. The van der Waals surface area contributed by atoms with E-state index in [4.69, 9.17) is 16.3 Å². The van der Waals surface area contributed by atoms with Gasteiger partial charge in [0.1, 0.15) is 6.04 Å². The van der Waals surface area contributed by atoms with Crippen LogP contribution in [0.25, 0.3) is 0 Å². The highest BCUT2D eigenvalue weighted by Crippen LogP contribution is 2.27. The van der Waals surface area contributed by atoms with Crippen LogP contribution in [0.5, 0.6) is 0 Å². The normalized spacial score (nSPS) is 13.7. The fourth-order valence-corrected chi connectivity index (χ4v) is 2.44. The van der Waals surface area contributed by atoms with Crippen molar-refractivity contribution in [1.82, 2.24) is 0 Å². The van der Waals surface area contributed by atoms with E-state index in [0.717, 1.165) is 23.0 Å². The summed E-state index contributed by atoms with van der Waals surface area (Å²) in [5.74, 6) is -0.0427. The molecule has 0 aliphatic carbocycles. The molecule has 5 heteroatoms. The third kappa shape index (κ3) is 4.69. The number of anilines is 1. The lowest BCUT2D eigenvalue weighted by Gasteiger charge is -2.23. The number of nitrogens with one attached hydrogen (secondary N) is 1. The van der Waals surface area contributed by atoms with Gasteiger partial charge in [-0.1, -0.05) is 31.9 Å². The molecule has 1 aromatic carbocycles. The van der Waals surface area contributed by atoms with E-state index in [9.17, 15) is 4.79 Å². The summed E-state index contributed by atoms with van der Waals surface area (Å²) < 4.78 is 5.66. The Bertz CT molecular complexity index is 439. The van der Waals surface area contributed by atoms with Crippen molar-refractivity contribution in [3.05, 3.63) is 27.7 Å². The quantitative estimate of drug-likeness (QED) is 0.770. The summed E-state index contributed by atoms with van der Waals surface area (Å²) in [6, 6.07) is 5.14. The van der Waals surface area contributed by atoms with Crippen molar-refractivity contribution in [1.29, 1.82) is 0 Å². The fourth-order valence-electron chi connectivity index (χ4n) is 1.95. The Kier molecular flexibility index (Phi) is 6.66. The Morgan fingerprint density at radius 2 is 2.21 bits per heavy atom. The first-order valence-electron chi connectivity index (χ1n) is 6.29. The first-order chi connectivity index (χ1) is 8.99. The van der Waals surface area contributed by atoms with E-state index in [1.165, 1.54) is 7.11 Å². The average molecular weight is 349 g/mol. The van der Waals surface area contributed by atoms with Gasteiger partial charge < -0.3 is 10.1 Å². The van der Waals surface area contributed by atoms with Crippen molar-refractivity contribution < 1.29 is 9.53 Å². The summed E-state index contributed by atoms with van der Waals surface area (Å²) in [6.45, 7) is 4.15. The number of carbonyl (C=O) groups is 1. The van der Waals surface area contributed by atoms with E-state index in [1.807, 2.05) is 19.1 Å². The van der Waals surface area contributed by atoms with E-state index in [1.54, 1.807) is 6.07 Å². The van der Waals surface area contributed by atoms with Crippen molar-refractivity contribution in [2.24, 2.45) is 5.92 Å². The summed E-state index contributed by atoms with van der Waals surface area (Å²) in [5, 5.41) is 3.86. The molecule has 2 atom stereocenters. The van der Waals surface area contributed by atoms with Crippen molar-refractivity contribution in [3.8, 4) is 0 Å².